The van der Waals surface area contributed by atoms with Crippen molar-refractivity contribution in [3.05, 3.63) is 64.0 Å². The average Bonchev–Trinajstić information content (AvgIpc) is 3.09. The summed E-state index contributed by atoms with van der Waals surface area (Å²) >= 11 is 0. The molecular formula is C21H22N2O5S. The third kappa shape index (κ3) is 3.49. The fourth-order valence-corrected chi connectivity index (χ4v) is 4.61. The van der Waals surface area contributed by atoms with Crippen LogP contribution in [0.15, 0.2) is 56.6 Å². The molecular weight excluding hydrogens is 392 g/mol. The lowest BCUT2D eigenvalue weighted by Gasteiger charge is -2.21. The summed E-state index contributed by atoms with van der Waals surface area (Å²) in [7, 11) is 1.15. The van der Waals surface area contributed by atoms with E-state index in [4.69, 9.17) is 9.15 Å². The van der Waals surface area contributed by atoms with Crippen LogP contribution in [0.1, 0.15) is 11.1 Å². The quantitative estimate of drug-likeness (QED) is 0.597. The topological polar surface area (TPSA) is 80.1 Å². The standard InChI is InChI=1S/C21H22N2O5S/c1-22(2)29(25,26)17-5-7-19-14(10-17)8-9-23(19)13-15-11-21(24)28-20-12-16(27-3)4-6-18(15)20/h4-7,10-12H,8-9,13H2,1-3H3. The maximum absolute atomic E-state index is 12.4. The molecule has 1 aliphatic heterocycles. The van der Waals surface area contributed by atoms with Gasteiger partial charge in [-0.3, -0.25) is 0 Å². The Kier molecular flexibility index (Phi) is 4.84. The predicted molar refractivity (Wildman–Crippen MR) is 111 cm³/mol. The van der Waals surface area contributed by atoms with Crippen molar-refractivity contribution in [2.75, 3.05) is 32.6 Å². The van der Waals surface area contributed by atoms with Crippen LogP contribution in [-0.2, 0) is 23.0 Å². The van der Waals surface area contributed by atoms with Gasteiger partial charge in [-0.1, -0.05) is 0 Å². The zero-order valence-electron chi connectivity index (χ0n) is 16.5. The molecule has 2 aromatic carbocycles. The number of ether oxygens (including phenoxy) is 1. The van der Waals surface area contributed by atoms with Crippen molar-refractivity contribution in [3.8, 4) is 5.75 Å². The van der Waals surface area contributed by atoms with Gasteiger partial charge < -0.3 is 14.1 Å². The molecule has 4 rings (SSSR count). The van der Waals surface area contributed by atoms with Gasteiger partial charge in [-0.05, 0) is 47.9 Å². The lowest BCUT2D eigenvalue weighted by Crippen LogP contribution is -2.22. The number of anilines is 1. The van der Waals surface area contributed by atoms with Gasteiger partial charge in [-0.2, -0.15) is 0 Å². The Morgan fingerprint density at radius 2 is 1.93 bits per heavy atom. The van der Waals surface area contributed by atoms with E-state index in [0.29, 0.717) is 22.8 Å². The van der Waals surface area contributed by atoms with Crippen LogP contribution in [0.2, 0.25) is 0 Å². The number of methoxy groups -OCH3 is 1. The summed E-state index contributed by atoms with van der Waals surface area (Å²) in [5, 5.41) is 0.852. The Morgan fingerprint density at radius 1 is 1.14 bits per heavy atom. The van der Waals surface area contributed by atoms with Gasteiger partial charge in [0, 0.05) is 50.4 Å². The second-order valence-electron chi connectivity index (χ2n) is 7.20. The van der Waals surface area contributed by atoms with Crippen molar-refractivity contribution in [3.63, 3.8) is 0 Å². The summed E-state index contributed by atoms with van der Waals surface area (Å²) in [6.45, 7) is 1.28. The first kappa shape index (κ1) is 19.5. The van der Waals surface area contributed by atoms with Crippen LogP contribution in [-0.4, -0.2) is 40.5 Å². The van der Waals surface area contributed by atoms with Crippen molar-refractivity contribution in [2.24, 2.45) is 0 Å². The van der Waals surface area contributed by atoms with E-state index in [0.717, 1.165) is 35.2 Å². The van der Waals surface area contributed by atoms with Crippen LogP contribution < -0.4 is 15.3 Å². The number of rotatable bonds is 5. The SMILES string of the molecule is COc1ccc2c(CN3CCc4cc(S(=O)(=O)N(C)C)ccc43)cc(=O)oc2c1. The molecule has 29 heavy (non-hydrogen) atoms. The largest absolute Gasteiger partial charge is 0.497 e. The van der Waals surface area contributed by atoms with Gasteiger partial charge >= 0.3 is 5.63 Å². The van der Waals surface area contributed by atoms with E-state index >= 15 is 0 Å². The number of sulfonamides is 1. The molecule has 0 N–H and O–H groups in total. The molecule has 0 bridgehead atoms. The zero-order valence-corrected chi connectivity index (χ0v) is 17.3. The second-order valence-corrected chi connectivity index (χ2v) is 9.35. The minimum absolute atomic E-state index is 0.293. The first-order valence-electron chi connectivity index (χ1n) is 9.21. The van der Waals surface area contributed by atoms with Crippen LogP contribution in [0, 0.1) is 0 Å². The lowest BCUT2D eigenvalue weighted by atomic mass is 10.1. The molecule has 2 heterocycles. The van der Waals surface area contributed by atoms with Crippen molar-refractivity contribution >= 4 is 26.7 Å². The summed E-state index contributed by atoms with van der Waals surface area (Å²) in [6.07, 6.45) is 0.749. The van der Waals surface area contributed by atoms with Crippen molar-refractivity contribution < 1.29 is 17.6 Å². The molecule has 0 amide bonds. The van der Waals surface area contributed by atoms with Crippen LogP contribution in [0.4, 0.5) is 5.69 Å². The van der Waals surface area contributed by atoms with E-state index in [2.05, 4.69) is 4.90 Å². The molecule has 1 aliphatic rings. The molecule has 152 valence electrons. The monoisotopic (exact) mass is 414 g/mol. The predicted octanol–water partition coefficient (Wildman–Crippen LogP) is 2.61. The maximum Gasteiger partial charge on any atom is 0.336 e. The summed E-state index contributed by atoms with van der Waals surface area (Å²) < 4.78 is 36.5. The minimum Gasteiger partial charge on any atom is -0.497 e. The van der Waals surface area contributed by atoms with Gasteiger partial charge in [-0.15, -0.1) is 0 Å². The lowest BCUT2D eigenvalue weighted by molar-refractivity contribution is 0.414. The maximum atomic E-state index is 12.4. The third-order valence-electron chi connectivity index (χ3n) is 5.22. The number of benzene rings is 2. The van der Waals surface area contributed by atoms with E-state index in [9.17, 15) is 13.2 Å². The normalized spacial score (nSPS) is 13.9. The highest BCUT2D eigenvalue weighted by Crippen LogP contribution is 2.33. The first-order chi connectivity index (χ1) is 13.8. The van der Waals surface area contributed by atoms with Crippen molar-refractivity contribution in [1.29, 1.82) is 0 Å². The Hall–Kier alpha value is -2.84. The fourth-order valence-electron chi connectivity index (χ4n) is 3.66. The van der Waals surface area contributed by atoms with Crippen LogP contribution >= 0.6 is 0 Å². The summed E-state index contributed by atoms with van der Waals surface area (Å²) in [6, 6.07) is 12.2. The Bertz CT molecular complexity index is 1250. The van der Waals surface area contributed by atoms with Gasteiger partial charge in [0.05, 0.1) is 12.0 Å². The van der Waals surface area contributed by atoms with Crippen molar-refractivity contribution in [2.45, 2.75) is 17.9 Å². The Balaban J connectivity index is 1.69. The molecule has 7 nitrogen and oxygen atoms in total. The minimum atomic E-state index is -3.47. The molecule has 0 radical (unpaired) electrons. The highest BCUT2D eigenvalue weighted by atomic mass is 32.2. The van der Waals surface area contributed by atoms with Gasteiger partial charge in [0.25, 0.3) is 0 Å². The number of hydrogen-bond acceptors (Lipinski definition) is 6. The van der Waals surface area contributed by atoms with E-state index in [1.165, 1.54) is 24.5 Å². The molecule has 0 atom stereocenters. The van der Waals surface area contributed by atoms with E-state index < -0.39 is 15.6 Å². The number of nitrogens with zero attached hydrogens (tertiary/aromatic N) is 2. The third-order valence-corrected chi connectivity index (χ3v) is 7.03. The molecule has 0 saturated carbocycles. The molecule has 0 spiro atoms. The van der Waals surface area contributed by atoms with Gasteiger partial charge in [0.2, 0.25) is 10.0 Å². The molecule has 0 aliphatic carbocycles. The van der Waals surface area contributed by atoms with E-state index in [1.54, 1.807) is 25.3 Å². The summed E-state index contributed by atoms with van der Waals surface area (Å²) in [4.78, 5) is 14.5. The molecule has 0 unspecified atom stereocenters. The molecule has 1 aromatic heterocycles. The van der Waals surface area contributed by atoms with Crippen LogP contribution in [0.25, 0.3) is 11.0 Å². The van der Waals surface area contributed by atoms with E-state index in [1.807, 2.05) is 18.2 Å². The van der Waals surface area contributed by atoms with Crippen molar-refractivity contribution in [1.82, 2.24) is 4.31 Å². The van der Waals surface area contributed by atoms with Gasteiger partial charge in [0.15, 0.2) is 0 Å². The molecule has 0 fully saturated rings. The Labute approximate surface area is 169 Å². The molecule has 0 saturated heterocycles. The molecule has 3 aromatic rings. The summed E-state index contributed by atoms with van der Waals surface area (Å²) in [5.74, 6) is 0.624. The first-order valence-corrected chi connectivity index (χ1v) is 10.6. The number of fused-ring (bicyclic) bond motifs is 2. The average molecular weight is 414 g/mol. The highest BCUT2D eigenvalue weighted by Gasteiger charge is 2.24. The Morgan fingerprint density at radius 3 is 2.66 bits per heavy atom. The fraction of sp³-hybridized carbons (Fsp3) is 0.286. The van der Waals surface area contributed by atoms with E-state index in [-0.39, 0.29) is 0 Å². The number of hydrogen-bond donors (Lipinski definition) is 0. The van der Waals surface area contributed by atoms with Gasteiger partial charge in [-0.25, -0.2) is 17.5 Å². The smallest absolute Gasteiger partial charge is 0.336 e. The second kappa shape index (κ2) is 7.20. The molecule has 8 heteroatoms. The van der Waals surface area contributed by atoms with Gasteiger partial charge in [0.1, 0.15) is 11.3 Å². The van der Waals surface area contributed by atoms with Crippen LogP contribution in [0.3, 0.4) is 0 Å². The highest BCUT2D eigenvalue weighted by molar-refractivity contribution is 7.89. The zero-order chi connectivity index (χ0) is 20.8. The summed E-state index contributed by atoms with van der Waals surface area (Å²) in [5.41, 5.74) is 2.91. The van der Waals surface area contributed by atoms with Crippen LogP contribution in [0.5, 0.6) is 5.75 Å².